The number of benzene rings is 1. The molecule has 0 heterocycles. The van der Waals surface area contributed by atoms with Gasteiger partial charge in [0.1, 0.15) is 11.6 Å². The van der Waals surface area contributed by atoms with Crippen molar-refractivity contribution in [2.24, 2.45) is 0 Å². The second-order valence-electron chi connectivity index (χ2n) is 7.21. The van der Waals surface area contributed by atoms with E-state index in [1.54, 1.807) is 20.8 Å². The number of ether oxygens (including phenoxy) is 1. The van der Waals surface area contributed by atoms with Crippen LogP contribution < -0.4 is 10.6 Å². The molecule has 0 spiro atoms. The summed E-state index contributed by atoms with van der Waals surface area (Å²) in [7, 11) is 0. The molecule has 0 aliphatic rings. The van der Waals surface area contributed by atoms with Crippen LogP contribution in [0, 0.1) is 0 Å². The van der Waals surface area contributed by atoms with Gasteiger partial charge in [-0.05, 0) is 40.2 Å². The minimum Gasteiger partial charge on any atom is -0.458 e. The van der Waals surface area contributed by atoms with Gasteiger partial charge in [-0.25, -0.2) is 4.79 Å². The lowest BCUT2D eigenvalue weighted by Crippen LogP contribution is -2.55. The van der Waals surface area contributed by atoms with Crippen LogP contribution in [0.3, 0.4) is 0 Å². The summed E-state index contributed by atoms with van der Waals surface area (Å²) in [6, 6.07) is 7.06. The van der Waals surface area contributed by atoms with Crippen molar-refractivity contribution in [3.63, 3.8) is 0 Å². The second kappa shape index (κ2) is 9.33. The predicted octanol–water partition coefficient (Wildman–Crippen LogP) is 0.941. The Morgan fingerprint density at radius 1 is 1.08 bits per heavy atom. The first-order chi connectivity index (χ1) is 12.0. The van der Waals surface area contributed by atoms with Crippen molar-refractivity contribution in [1.82, 2.24) is 10.6 Å². The van der Waals surface area contributed by atoms with Crippen molar-refractivity contribution in [3.8, 4) is 0 Å². The summed E-state index contributed by atoms with van der Waals surface area (Å²) >= 11 is 0. The van der Waals surface area contributed by atoms with Crippen molar-refractivity contribution in [2.45, 2.75) is 64.8 Å². The molecule has 144 valence electrons. The number of aliphatic hydroxyl groups excluding tert-OH is 1. The molecular weight excluding hydrogens is 336 g/mol. The summed E-state index contributed by atoms with van der Waals surface area (Å²) in [5, 5.41) is 14.8. The predicted molar refractivity (Wildman–Crippen MR) is 97.2 cm³/mol. The number of aliphatic hydroxyl groups is 1. The molecule has 0 aromatic heterocycles. The van der Waals surface area contributed by atoms with E-state index >= 15 is 0 Å². The maximum Gasteiger partial charge on any atom is 0.331 e. The molecule has 1 aromatic rings. The number of carbonyl (C=O) groups is 3. The summed E-state index contributed by atoms with van der Waals surface area (Å²) < 4.78 is 5.20. The van der Waals surface area contributed by atoms with Gasteiger partial charge in [0.2, 0.25) is 11.8 Å². The van der Waals surface area contributed by atoms with E-state index in [1.807, 2.05) is 30.3 Å². The van der Waals surface area contributed by atoms with Gasteiger partial charge in [-0.3, -0.25) is 9.59 Å². The van der Waals surface area contributed by atoms with E-state index in [4.69, 9.17) is 4.74 Å². The largest absolute Gasteiger partial charge is 0.458 e. The van der Waals surface area contributed by atoms with E-state index < -0.39 is 35.7 Å². The van der Waals surface area contributed by atoms with Gasteiger partial charge in [-0.15, -0.1) is 0 Å². The topological polar surface area (TPSA) is 105 Å². The Labute approximate surface area is 154 Å². The standard InChI is InChI=1S/C19H28N2O5/c1-12(20-15(23)11-14-9-7-6-8-10-14)17(24)21-16(13(2)22)18(25)26-19(3,4)5/h6-10,12-13,16,22H,11H2,1-5H3,(H,20,23)(H,21,24)/t12-,13+,16-/m0/s1. The van der Waals surface area contributed by atoms with Crippen LogP contribution in [0.25, 0.3) is 0 Å². The third kappa shape index (κ3) is 7.65. The number of hydrogen-bond donors (Lipinski definition) is 3. The number of nitrogens with one attached hydrogen (secondary N) is 2. The maximum absolute atomic E-state index is 12.3. The molecule has 0 radical (unpaired) electrons. The molecule has 2 amide bonds. The molecule has 7 heteroatoms. The molecule has 1 aromatic carbocycles. The Morgan fingerprint density at radius 3 is 2.15 bits per heavy atom. The Balaban J connectivity index is 2.62. The summed E-state index contributed by atoms with van der Waals surface area (Å²) in [5.41, 5.74) is 0.0815. The van der Waals surface area contributed by atoms with Crippen molar-refractivity contribution in [1.29, 1.82) is 0 Å². The zero-order chi connectivity index (χ0) is 19.9. The molecule has 3 atom stereocenters. The fourth-order valence-corrected chi connectivity index (χ4v) is 2.16. The quantitative estimate of drug-likeness (QED) is 0.625. The Hall–Kier alpha value is -2.41. The highest BCUT2D eigenvalue weighted by molar-refractivity contribution is 5.91. The molecule has 26 heavy (non-hydrogen) atoms. The Morgan fingerprint density at radius 2 is 1.65 bits per heavy atom. The molecule has 0 aliphatic heterocycles. The smallest absolute Gasteiger partial charge is 0.331 e. The fraction of sp³-hybridized carbons (Fsp3) is 0.526. The lowest BCUT2D eigenvalue weighted by Gasteiger charge is -2.27. The number of carbonyl (C=O) groups excluding carboxylic acids is 3. The van der Waals surface area contributed by atoms with Crippen LogP contribution in [0.5, 0.6) is 0 Å². The molecule has 0 saturated heterocycles. The van der Waals surface area contributed by atoms with Crippen molar-refractivity contribution < 1.29 is 24.2 Å². The van der Waals surface area contributed by atoms with Gasteiger partial charge >= 0.3 is 5.97 Å². The van der Waals surface area contributed by atoms with E-state index in [0.717, 1.165) is 5.56 Å². The Bertz CT molecular complexity index is 623. The number of hydrogen-bond acceptors (Lipinski definition) is 5. The van der Waals surface area contributed by atoms with Gasteiger partial charge < -0.3 is 20.5 Å². The average molecular weight is 364 g/mol. The van der Waals surface area contributed by atoms with Crippen molar-refractivity contribution >= 4 is 17.8 Å². The average Bonchev–Trinajstić information content (AvgIpc) is 2.50. The molecule has 0 bridgehead atoms. The molecule has 0 unspecified atom stereocenters. The van der Waals surface area contributed by atoms with Gasteiger partial charge in [0.05, 0.1) is 12.5 Å². The van der Waals surface area contributed by atoms with E-state index in [-0.39, 0.29) is 12.3 Å². The van der Waals surface area contributed by atoms with Crippen LogP contribution in [0.4, 0.5) is 0 Å². The minimum absolute atomic E-state index is 0.143. The highest BCUT2D eigenvalue weighted by Crippen LogP contribution is 2.10. The molecular formula is C19H28N2O5. The second-order valence-corrected chi connectivity index (χ2v) is 7.21. The van der Waals surface area contributed by atoms with Crippen LogP contribution in [-0.2, 0) is 25.5 Å². The lowest BCUT2D eigenvalue weighted by atomic mass is 10.1. The van der Waals surface area contributed by atoms with Gasteiger partial charge in [0.15, 0.2) is 6.04 Å². The fourth-order valence-electron chi connectivity index (χ4n) is 2.16. The van der Waals surface area contributed by atoms with Gasteiger partial charge in [-0.2, -0.15) is 0 Å². The first-order valence-electron chi connectivity index (χ1n) is 8.54. The van der Waals surface area contributed by atoms with Crippen LogP contribution >= 0.6 is 0 Å². The molecule has 0 fully saturated rings. The first kappa shape index (κ1) is 21.6. The zero-order valence-electron chi connectivity index (χ0n) is 15.9. The molecule has 0 saturated carbocycles. The van der Waals surface area contributed by atoms with E-state index in [0.29, 0.717) is 0 Å². The van der Waals surface area contributed by atoms with Crippen molar-refractivity contribution in [3.05, 3.63) is 35.9 Å². The summed E-state index contributed by atoms with van der Waals surface area (Å²) in [4.78, 5) is 36.4. The van der Waals surface area contributed by atoms with Gasteiger partial charge in [0.25, 0.3) is 0 Å². The maximum atomic E-state index is 12.3. The summed E-state index contributed by atoms with van der Waals surface area (Å²) in [5.74, 6) is -1.63. The highest BCUT2D eigenvalue weighted by Gasteiger charge is 2.31. The van der Waals surface area contributed by atoms with Crippen LogP contribution in [0.2, 0.25) is 0 Å². The van der Waals surface area contributed by atoms with Gasteiger partial charge in [0, 0.05) is 0 Å². The zero-order valence-corrected chi connectivity index (χ0v) is 15.9. The van der Waals surface area contributed by atoms with Crippen molar-refractivity contribution in [2.75, 3.05) is 0 Å². The SMILES string of the molecule is C[C@H](NC(=O)Cc1ccccc1)C(=O)N[C@H](C(=O)OC(C)(C)C)[C@@H](C)O. The van der Waals surface area contributed by atoms with Crippen LogP contribution in [0.1, 0.15) is 40.2 Å². The van der Waals surface area contributed by atoms with E-state index in [9.17, 15) is 19.5 Å². The minimum atomic E-state index is -1.21. The third-order valence-electron chi connectivity index (χ3n) is 3.42. The lowest BCUT2D eigenvalue weighted by molar-refractivity contribution is -0.161. The first-order valence-corrected chi connectivity index (χ1v) is 8.54. The Kier molecular flexibility index (Phi) is 7.76. The number of amides is 2. The van der Waals surface area contributed by atoms with Gasteiger partial charge in [-0.1, -0.05) is 30.3 Å². The number of rotatable bonds is 7. The molecule has 7 nitrogen and oxygen atoms in total. The van der Waals surface area contributed by atoms with E-state index in [1.165, 1.54) is 13.8 Å². The number of esters is 1. The normalized spacial score (nSPS) is 14.7. The van der Waals surface area contributed by atoms with E-state index in [2.05, 4.69) is 10.6 Å². The monoisotopic (exact) mass is 364 g/mol. The molecule has 3 N–H and O–H groups in total. The molecule has 0 aliphatic carbocycles. The summed E-state index contributed by atoms with van der Waals surface area (Å²) in [6.07, 6.45) is -0.995. The summed E-state index contributed by atoms with van der Waals surface area (Å²) in [6.45, 7) is 7.97. The highest BCUT2D eigenvalue weighted by atomic mass is 16.6. The molecule has 1 rings (SSSR count). The van der Waals surface area contributed by atoms with Crippen LogP contribution in [-0.4, -0.2) is 46.7 Å². The van der Waals surface area contributed by atoms with Crippen LogP contribution in [0.15, 0.2) is 30.3 Å². The third-order valence-corrected chi connectivity index (χ3v) is 3.42.